The van der Waals surface area contributed by atoms with Gasteiger partial charge >= 0.3 is 0 Å². The van der Waals surface area contributed by atoms with Crippen molar-refractivity contribution in [1.82, 2.24) is 29.9 Å². The van der Waals surface area contributed by atoms with E-state index in [1.165, 1.54) is 48.1 Å². The second-order valence-corrected chi connectivity index (χ2v) is 12.1. The van der Waals surface area contributed by atoms with Gasteiger partial charge in [0, 0.05) is 42.9 Å². The Kier molecular flexibility index (Phi) is 6.03. The molecule has 2 bridgehead atoms. The first-order valence-corrected chi connectivity index (χ1v) is 15.0. The number of aryl methyl sites for hydroxylation is 4. The fraction of sp³-hybridized carbons (Fsp3) is 0.438. The molecule has 0 radical (unpaired) electrons. The van der Waals surface area contributed by atoms with Gasteiger partial charge in [-0.05, 0) is 91.8 Å². The number of aromatic nitrogens is 5. The molecule has 1 saturated carbocycles. The smallest absolute Gasteiger partial charge is 0.248 e. The number of methoxy groups -OCH3 is 1. The summed E-state index contributed by atoms with van der Waals surface area (Å²) in [4.78, 5) is 7.25. The lowest BCUT2D eigenvalue weighted by Gasteiger charge is -2.38. The molecule has 3 unspecified atom stereocenters. The lowest BCUT2D eigenvalue weighted by atomic mass is 9.82. The molecule has 4 aromatic rings. The first kappa shape index (κ1) is 24.9. The summed E-state index contributed by atoms with van der Waals surface area (Å²) in [6.45, 7) is 1.20. The number of nitrogens with one attached hydrogen (secondary N) is 1. The second kappa shape index (κ2) is 9.92. The Labute approximate surface area is 240 Å². The predicted octanol–water partition coefficient (Wildman–Crippen LogP) is 4.51. The number of nitrogens with two attached hydrogens (primary N) is 1. The summed E-state index contributed by atoms with van der Waals surface area (Å²) < 4.78 is 7.34. The Morgan fingerprint density at radius 3 is 2.66 bits per heavy atom. The third kappa shape index (κ3) is 4.30. The number of ether oxygens (including phenoxy) is 1. The number of benzene rings is 2. The molecule has 3 N–H and O–H groups in total. The number of hydrogen-bond donors (Lipinski definition) is 2. The maximum Gasteiger partial charge on any atom is 0.248 e. The number of rotatable bonds is 5. The van der Waals surface area contributed by atoms with Crippen LogP contribution in [0.25, 0.3) is 17.1 Å². The van der Waals surface area contributed by atoms with Gasteiger partial charge in [-0.1, -0.05) is 30.3 Å². The Balaban J connectivity index is 0.991. The highest BCUT2D eigenvalue weighted by atomic mass is 16.5. The summed E-state index contributed by atoms with van der Waals surface area (Å²) in [5, 5.41) is 17.2. The van der Waals surface area contributed by atoms with Crippen molar-refractivity contribution in [3.8, 4) is 17.1 Å². The number of fused-ring (bicyclic) bond motifs is 5. The molecule has 5 aliphatic rings. The van der Waals surface area contributed by atoms with Crippen LogP contribution >= 0.6 is 0 Å². The number of hydrogen-bond acceptors (Lipinski definition) is 8. The van der Waals surface area contributed by atoms with Crippen LogP contribution in [-0.2, 0) is 30.4 Å². The van der Waals surface area contributed by atoms with Crippen LogP contribution in [0.1, 0.15) is 47.9 Å². The van der Waals surface area contributed by atoms with Crippen molar-refractivity contribution in [2.24, 2.45) is 5.92 Å². The Morgan fingerprint density at radius 1 is 0.927 bits per heavy atom. The Morgan fingerprint density at radius 2 is 1.78 bits per heavy atom. The minimum Gasteiger partial charge on any atom is -0.379 e. The minimum atomic E-state index is 0.284. The van der Waals surface area contributed by atoms with Crippen LogP contribution in [0.3, 0.4) is 0 Å². The first-order valence-electron chi connectivity index (χ1n) is 15.0. The molecule has 210 valence electrons. The molecule has 0 spiro atoms. The van der Waals surface area contributed by atoms with Gasteiger partial charge in [-0.25, -0.2) is 0 Å². The van der Waals surface area contributed by atoms with Crippen LogP contribution in [0.2, 0.25) is 0 Å². The van der Waals surface area contributed by atoms with E-state index in [2.05, 4.69) is 79.0 Å². The fourth-order valence-electron chi connectivity index (χ4n) is 7.73. The second-order valence-electron chi connectivity index (χ2n) is 12.1. The molecule has 0 amide bonds. The molecule has 4 heterocycles. The predicted molar refractivity (Wildman–Crippen MR) is 158 cm³/mol. The quantitative estimate of drug-likeness (QED) is 0.351. The van der Waals surface area contributed by atoms with Gasteiger partial charge < -0.3 is 15.8 Å². The van der Waals surface area contributed by atoms with Crippen molar-refractivity contribution in [1.29, 1.82) is 0 Å². The topological polar surface area (TPSA) is 107 Å². The van der Waals surface area contributed by atoms with E-state index in [0.29, 0.717) is 30.0 Å². The van der Waals surface area contributed by atoms with Gasteiger partial charge in [-0.3, -0.25) is 4.90 Å². The van der Waals surface area contributed by atoms with Gasteiger partial charge in [0.05, 0.1) is 11.8 Å². The number of nitrogen functional groups attached to an aromatic ring is 1. The monoisotopic (exact) mass is 548 g/mol. The summed E-state index contributed by atoms with van der Waals surface area (Å²) in [6, 6.07) is 18.4. The molecular formula is C32H36N8O. The molecule has 2 aromatic heterocycles. The summed E-state index contributed by atoms with van der Waals surface area (Å²) >= 11 is 0. The maximum absolute atomic E-state index is 6.32. The largest absolute Gasteiger partial charge is 0.379 e. The van der Waals surface area contributed by atoms with E-state index in [1.807, 2.05) is 7.11 Å². The summed E-state index contributed by atoms with van der Waals surface area (Å²) in [7, 11) is 1.87. The molecule has 9 heteroatoms. The summed E-state index contributed by atoms with van der Waals surface area (Å²) in [5.74, 6) is 2.06. The van der Waals surface area contributed by atoms with E-state index in [4.69, 9.17) is 10.5 Å². The van der Waals surface area contributed by atoms with Crippen molar-refractivity contribution in [2.45, 2.75) is 69.6 Å². The molecule has 3 aliphatic carbocycles. The van der Waals surface area contributed by atoms with Crippen molar-refractivity contribution in [3.63, 3.8) is 0 Å². The van der Waals surface area contributed by atoms with E-state index >= 15 is 0 Å². The van der Waals surface area contributed by atoms with E-state index < -0.39 is 0 Å². The minimum absolute atomic E-state index is 0.284. The zero-order valence-electron chi connectivity index (χ0n) is 23.5. The number of nitrogens with zero attached hydrogens (tertiary/aromatic N) is 6. The maximum atomic E-state index is 6.32. The highest BCUT2D eigenvalue weighted by Crippen LogP contribution is 2.45. The molecule has 3 fully saturated rings. The van der Waals surface area contributed by atoms with E-state index in [-0.39, 0.29) is 5.95 Å². The average molecular weight is 549 g/mol. The van der Waals surface area contributed by atoms with Crippen molar-refractivity contribution < 1.29 is 4.74 Å². The normalized spacial score (nSPS) is 24.9. The van der Waals surface area contributed by atoms with Gasteiger partial charge in [-0.15, -0.1) is 15.3 Å². The zero-order valence-corrected chi connectivity index (χ0v) is 23.5. The molecule has 9 rings (SSSR count). The highest BCUT2D eigenvalue weighted by Gasteiger charge is 2.53. The molecule has 4 atom stereocenters. The van der Waals surface area contributed by atoms with Crippen LogP contribution in [0.5, 0.6) is 0 Å². The molecule has 2 aliphatic heterocycles. The van der Waals surface area contributed by atoms with Gasteiger partial charge in [0.2, 0.25) is 11.9 Å². The molecule has 41 heavy (non-hydrogen) atoms. The van der Waals surface area contributed by atoms with Gasteiger partial charge in [-0.2, -0.15) is 9.67 Å². The van der Waals surface area contributed by atoms with Crippen molar-refractivity contribution >= 4 is 17.6 Å². The lowest BCUT2D eigenvalue weighted by molar-refractivity contribution is -0.0234. The Bertz CT molecular complexity index is 1620. The molecular weight excluding hydrogens is 512 g/mol. The van der Waals surface area contributed by atoms with Crippen molar-refractivity contribution in [3.05, 3.63) is 70.8 Å². The van der Waals surface area contributed by atoms with E-state index in [9.17, 15) is 0 Å². The van der Waals surface area contributed by atoms with Crippen LogP contribution in [0.15, 0.2) is 48.5 Å². The van der Waals surface area contributed by atoms with E-state index in [1.54, 1.807) is 4.68 Å². The van der Waals surface area contributed by atoms with E-state index in [0.717, 1.165) is 55.0 Å². The zero-order chi connectivity index (χ0) is 27.5. The third-order valence-corrected chi connectivity index (χ3v) is 9.83. The summed E-state index contributed by atoms with van der Waals surface area (Å²) in [5.41, 5.74) is 14.8. The molecule has 2 aromatic carbocycles. The molecule has 9 nitrogen and oxygen atoms in total. The van der Waals surface area contributed by atoms with Crippen LogP contribution < -0.4 is 11.1 Å². The van der Waals surface area contributed by atoms with Gasteiger partial charge in [0.15, 0.2) is 5.82 Å². The standard InChI is InChI=1S/C32H36N8O/c1-41-30-23-16-27(30)39(18-23)25-13-10-19-9-12-24(15-21(19)11-14-25)34-32-35-31(33)40(38-32)28-17-22-7-4-6-20-5-2-3-8-26(20)29(22)37-36-28/h2-3,5,8-9,12,15,17,23,25,27,30H,4,6-7,10-11,13-14,16,18H2,1H3,(H3,33,34,35,38)/t23?,25-,27?,30?/m1/s1. The SMILES string of the molecule is COC1C2CC1N([C@@H]1CCc3ccc(Nc4nc(N)n(-c5cc6c(nn5)-c5ccccc5CCC6)n4)cc3CC1)C2. The van der Waals surface area contributed by atoms with Crippen LogP contribution in [0, 0.1) is 5.92 Å². The fourth-order valence-corrected chi connectivity index (χ4v) is 7.73. The first-order chi connectivity index (χ1) is 20.1. The van der Waals surface area contributed by atoms with Gasteiger partial charge in [0.1, 0.15) is 0 Å². The Hall–Kier alpha value is -3.82. The highest BCUT2D eigenvalue weighted by molar-refractivity contribution is 5.68. The lowest BCUT2D eigenvalue weighted by Crippen LogP contribution is -2.47. The third-order valence-electron chi connectivity index (χ3n) is 9.83. The van der Waals surface area contributed by atoms with Gasteiger partial charge in [0.25, 0.3) is 0 Å². The van der Waals surface area contributed by atoms with Crippen molar-refractivity contribution in [2.75, 3.05) is 24.7 Å². The van der Waals surface area contributed by atoms with Crippen LogP contribution in [-0.4, -0.2) is 61.7 Å². The molecule has 2 saturated heterocycles. The number of anilines is 3. The average Bonchev–Trinajstić information content (AvgIpc) is 3.59. The van der Waals surface area contributed by atoms with Crippen LogP contribution in [0.4, 0.5) is 17.6 Å². The summed E-state index contributed by atoms with van der Waals surface area (Å²) in [6.07, 6.45) is 9.41.